The molecular formula is C19H27FNO+. The average Bonchev–Trinajstić information content (AvgIpc) is 2.83. The molecule has 2 rings (SSSR count). The van der Waals surface area contributed by atoms with Crippen molar-refractivity contribution in [1.29, 1.82) is 0 Å². The summed E-state index contributed by atoms with van der Waals surface area (Å²) < 4.78 is 18.8. The summed E-state index contributed by atoms with van der Waals surface area (Å²) in [5.74, 6) is 1.51. The molecule has 1 heterocycles. The predicted octanol–water partition coefficient (Wildman–Crippen LogP) is 4.36. The second-order valence-corrected chi connectivity index (χ2v) is 7.91. The Morgan fingerprint density at radius 3 is 2.18 bits per heavy atom. The van der Waals surface area contributed by atoms with Gasteiger partial charge in [0.15, 0.2) is 5.76 Å². The molecule has 0 unspecified atom stereocenters. The summed E-state index contributed by atoms with van der Waals surface area (Å²) in [6.45, 7) is 12.1. The SMILES string of the molecule is CC(C)(C)CC(C)(C)[NH2+]Cc1ccc(-c2ccc(F)cc2)o1. The van der Waals surface area contributed by atoms with E-state index in [9.17, 15) is 4.39 Å². The summed E-state index contributed by atoms with van der Waals surface area (Å²) in [6, 6.07) is 10.3. The first-order valence-corrected chi connectivity index (χ1v) is 7.84. The van der Waals surface area contributed by atoms with Crippen molar-refractivity contribution in [3.05, 3.63) is 48.0 Å². The zero-order valence-electron chi connectivity index (χ0n) is 14.2. The molecule has 0 fully saturated rings. The van der Waals surface area contributed by atoms with Gasteiger partial charge < -0.3 is 9.73 Å². The summed E-state index contributed by atoms with van der Waals surface area (Å²) in [5.41, 5.74) is 1.38. The van der Waals surface area contributed by atoms with Crippen molar-refractivity contribution in [2.75, 3.05) is 0 Å². The van der Waals surface area contributed by atoms with Crippen molar-refractivity contribution in [2.24, 2.45) is 5.41 Å². The second kappa shape index (κ2) is 6.25. The molecule has 0 atom stereocenters. The van der Waals surface area contributed by atoms with E-state index in [2.05, 4.69) is 39.9 Å². The molecule has 0 saturated heterocycles. The quantitative estimate of drug-likeness (QED) is 0.873. The van der Waals surface area contributed by atoms with Crippen LogP contribution in [-0.4, -0.2) is 5.54 Å². The molecule has 0 amide bonds. The van der Waals surface area contributed by atoms with Gasteiger partial charge in [-0.05, 0) is 55.7 Å². The number of hydrogen-bond acceptors (Lipinski definition) is 1. The van der Waals surface area contributed by atoms with E-state index < -0.39 is 0 Å². The van der Waals surface area contributed by atoms with Gasteiger partial charge in [0, 0.05) is 12.0 Å². The number of hydrogen-bond donors (Lipinski definition) is 1. The molecule has 2 nitrogen and oxygen atoms in total. The van der Waals surface area contributed by atoms with Gasteiger partial charge in [0.1, 0.15) is 18.1 Å². The number of rotatable bonds is 5. The van der Waals surface area contributed by atoms with E-state index in [1.165, 1.54) is 12.1 Å². The van der Waals surface area contributed by atoms with Gasteiger partial charge in [0.25, 0.3) is 0 Å². The number of nitrogens with two attached hydrogens (primary N) is 1. The van der Waals surface area contributed by atoms with Crippen LogP contribution in [0.25, 0.3) is 11.3 Å². The van der Waals surface area contributed by atoms with Crippen molar-refractivity contribution in [1.82, 2.24) is 0 Å². The van der Waals surface area contributed by atoms with Crippen molar-refractivity contribution in [2.45, 2.75) is 53.1 Å². The summed E-state index contributed by atoms with van der Waals surface area (Å²) in [5, 5.41) is 2.32. The standard InChI is InChI=1S/C19H26FNO/c1-18(2,3)13-19(4,5)21-12-16-10-11-17(22-16)14-6-8-15(20)9-7-14/h6-11,21H,12-13H2,1-5H3/p+1. The van der Waals surface area contributed by atoms with Gasteiger partial charge in [0.05, 0.1) is 5.54 Å². The minimum absolute atomic E-state index is 0.168. The van der Waals surface area contributed by atoms with E-state index in [-0.39, 0.29) is 11.4 Å². The Hall–Kier alpha value is -1.61. The van der Waals surface area contributed by atoms with Gasteiger partial charge >= 0.3 is 0 Å². The Morgan fingerprint density at radius 1 is 0.955 bits per heavy atom. The second-order valence-electron chi connectivity index (χ2n) is 7.91. The fourth-order valence-corrected chi connectivity index (χ4v) is 3.07. The zero-order valence-corrected chi connectivity index (χ0v) is 14.2. The van der Waals surface area contributed by atoms with Crippen LogP contribution >= 0.6 is 0 Å². The van der Waals surface area contributed by atoms with Crippen molar-refractivity contribution >= 4 is 0 Å². The van der Waals surface area contributed by atoms with E-state index in [0.29, 0.717) is 5.41 Å². The third kappa shape index (κ3) is 4.99. The molecule has 120 valence electrons. The predicted molar refractivity (Wildman–Crippen MR) is 87.9 cm³/mol. The lowest BCUT2D eigenvalue weighted by Crippen LogP contribution is -2.94. The molecule has 1 aromatic carbocycles. The highest BCUT2D eigenvalue weighted by molar-refractivity contribution is 5.57. The first kappa shape index (κ1) is 16.8. The monoisotopic (exact) mass is 304 g/mol. The number of furan rings is 1. The Labute approximate surface area is 132 Å². The molecule has 0 aliphatic carbocycles. The van der Waals surface area contributed by atoms with Crippen LogP contribution in [0.15, 0.2) is 40.8 Å². The topological polar surface area (TPSA) is 29.8 Å². The van der Waals surface area contributed by atoms with Crippen LogP contribution in [0.1, 0.15) is 46.8 Å². The number of benzene rings is 1. The molecule has 3 heteroatoms. The highest BCUT2D eigenvalue weighted by Crippen LogP contribution is 2.25. The van der Waals surface area contributed by atoms with Crippen LogP contribution in [0.5, 0.6) is 0 Å². The van der Waals surface area contributed by atoms with E-state index in [0.717, 1.165) is 30.0 Å². The highest BCUT2D eigenvalue weighted by Gasteiger charge is 2.28. The minimum Gasteiger partial charge on any atom is -0.455 e. The summed E-state index contributed by atoms with van der Waals surface area (Å²) in [6.07, 6.45) is 1.13. The number of halogens is 1. The molecule has 2 aromatic rings. The molecule has 0 bridgehead atoms. The molecule has 1 aromatic heterocycles. The van der Waals surface area contributed by atoms with Crippen molar-refractivity contribution in [3.63, 3.8) is 0 Å². The van der Waals surface area contributed by atoms with Gasteiger partial charge in [-0.25, -0.2) is 4.39 Å². The van der Waals surface area contributed by atoms with Gasteiger partial charge in [-0.2, -0.15) is 0 Å². The van der Waals surface area contributed by atoms with Crippen LogP contribution in [-0.2, 0) is 6.54 Å². The van der Waals surface area contributed by atoms with Gasteiger partial charge in [-0.15, -0.1) is 0 Å². The van der Waals surface area contributed by atoms with Crippen molar-refractivity contribution < 1.29 is 14.1 Å². The normalized spacial score (nSPS) is 12.6. The van der Waals surface area contributed by atoms with E-state index in [1.807, 2.05) is 12.1 Å². The molecule has 0 spiro atoms. The summed E-state index contributed by atoms with van der Waals surface area (Å²) in [4.78, 5) is 0. The van der Waals surface area contributed by atoms with Gasteiger partial charge in [-0.1, -0.05) is 20.8 Å². The largest absolute Gasteiger partial charge is 0.455 e. The average molecular weight is 304 g/mol. The zero-order chi connectivity index (χ0) is 16.4. The van der Waals surface area contributed by atoms with Gasteiger partial charge in [-0.3, -0.25) is 0 Å². The molecule has 0 aliphatic rings. The van der Waals surface area contributed by atoms with Crippen LogP contribution in [0.4, 0.5) is 4.39 Å². The smallest absolute Gasteiger partial charge is 0.158 e. The van der Waals surface area contributed by atoms with Crippen LogP contribution in [0, 0.1) is 11.2 Å². The Balaban J connectivity index is 1.99. The lowest BCUT2D eigenvalue weighted by Gasteiger charge is -2.30. The summed E-state index contributed by atoms with van der Waals surface area (Å²) >= 11 is 0. The first-order chi connectivity index (χ1) is 10.1. The van der Waals surface area contributed by atoms with E-state index in [1.54, 1.807) is 12.1 Å². The highest BCUT2D eigenvalue weighted by atomic mass is 19.1. The van der Waals surface area contributed by atoms with Crippen molar-refractivity contribution in [3.8, 4) is 11.3 Å². The fourth-order valence-electron chi connectivity index (χ4n) is 3.07. The Bertz CT molecular complexity index is 605. The number of quaternary nitrogens is 1. The maximum absolute atomic E-state index is 13.0. The molecule has 2 N–H and O–H groups in total. The fraction of sp³-hybridized carbons (Fsp3) is 0.474. The molecule has 0 radical (unpaired) electrons. The lowest BCUT2D eigenvalue weighted by atomic mass is 9.82. The molecular weight excluding hydrogens is 277 g/mol. The summed E-state index contributed by atoms with van der Waals surface area (Å²) in [7, 11) is 0. The molecule has 0 saturated carbocycles. The van der Waals surface area contributed by atoms with E-state index >= 15 is 0 Å². The van der Waals surface area contributed by atoms with Gasteiger partial charge in [0.2, 0.25) is 0 Å². The molecule has 0 aliphatic heterocycles. The van der Waals surface area contributed by atoms with Crippen LogP contribution in [0.2, 0.25) is 0 Å². The Morgan fingerprint density at radius 2 is 1.59 bits per heavy atom. The lowest BCUT2D eigenvalue weighted by molar-refractivity contribution is -0.738. The van der Waals surface area contributed by atoms with E-state index in [4.69, 9.17) is 4.42 Å². The maximum Gasteiger partial charge on any atom is 0.158 e. The van der Waals surface area contributed by atoms with Crippen LogP contribution in [0.3, 0.4) is 0 Å². The Kier molecular flexibility index (Phi) is 4.76. The maximum atomic E-state index is 13.0. The third-order valence-electron chi connectivity index (χ3n) is 3.63. The third-order valence-corrected chi connectivity index (χ3v) is 3.63. The first-order valence-electron chi connectivity index (χ1n) is 7.84. The van der Waals surface area contributed by atoms with Crippen LogP contribution < -0.4 is 5.32 Å². The minimum atomic E-state index is -0.229. The molecule has 22 heavy (non-hydrogen) atoms.